The first-order valence-electron chi connectivity index (χ1n) is 10.3. The maximum absolute atomic E-state index is 11.7. The van der Waals surface area contributed by atoms with Gasteiger partial charge in [0.1, 0.15) is 11.4 Å². The van der Waals surface area contributed by atoms with Crippen molar-refractivity contribution in [1.82, 2.24) is 39.6 Å². The van der Waals surface area contributed by atoms with Crippen LogP contribution in [0.15, 0.2) is 36.7 Å². The van der Waals surface area contributed by atoms with E-state index in [0.29, 0.717) is 37.4 Å². The Labute approximate surface area is 178 Å². The predicted octanol–water partition coefficient (Wildman–Crippen LogP) is 1.65. The zero-order valence-electron chi connectivity index (χ0n) is 17.3. The summed E-state index contributed by atoms with van der Waals surface area (Å²) in [6, 6.07) is 7.87. The van der Waals surface area contributed by atoms with Crippen LogP contribution in [0.1, 0.15) is 24.1 Å². The van der Waals surface area contributed by atoms with E-state index in [0.717, 1.165) is 35.1 Å². The number of likely N-dealkylation sites (tertiary alicyclic amines) is 1. The molecule has 10 nitrogen and oxygen atoms in total. The molecule has 31 heavy (non-hydrogen) atoms. The Morgan fingerprint density at radius 3 is 2.87 bits per heavy atom. The molecule has 2 N–H and O–H groups in total. The van der Waals surface area contributed by atoms with Crippen molar-refractivity contribution in [2.75, 3.05) is 18.8 Å². The lowest BCUT2D eigenvalue weighted by Crippen LogP contribution is -2.28. The van der Waals surface area contributed by atoms with Crippen molar-refractivity contribution < 1.29 is 4.79 Å². The zero-order chi connectivity index (χ0) is 21.4. The van der Waals surface area contributed by atoms with E-state index in [1.54, 1.807) is 4.68 Å². The summed E-state index contributed by atoms with van der Waals surface area (Å²) in [5.74, 6) is 0.442. The van der Waals surface area contributed by atoms with Crippen LogP contribution >= 0.6 is 0 Å². The second kappa shape index (κ2) is 7.78. The average Bonchev–Trinajstić information content (AvgIpc) is 3.49. The molecule has 0 atom stereocenters. The molecule has 0 bridgehead atoms. The highest BCUT2D eigenvalue weighted by molar-refractivity contribution is 5.93. The van der Waals surface area contributed by atoms with Gasteiger partial charge in [0.15, 0.2) is 0 Å². The number of aromatic nitrogens is 7. The highest BCUT2D eigenvalue weighted by Gasteiger charge is 2.19. The van der Waals surface area contributed by atoms with Crippen molar-refractivity contribution in [3.05, 3.63) is 47.9 Å². The normalized spacial score (nSPS) is 14.1. The topological polar surface area (TPSA) is 121 Å². The summed E-state index contributed by atoms with van der Waals surface area (Å²) in [7, 11) is 0. The molecule has 1 aromatic carbocycles. The molecule has 0 unspecified atom stereocenters. The lowest BCUT2D eigenvalue weighted by Gasteiger charge is -2.14. The number of carbonyl (C=O) groups is 1. The fourth-order valence-electron chi connectivity index (χ4n) is 3.93. The number of nitrogen functional groups attached to an aromatic ring is 1. The minimum absolute atomic E-state index is 0.210. The van der Waals surface area contributed by atoms with Crippen LogP contribution in [0.3, 0.4) is 0 Å². The minimum Gasteiger partial charge on any atom is -0.368 e. The highest BCUT2D eigenvalue weighted by Crippen LogP contribution is 2.26. The number of carbonyl (C=O) groups excluding carboxylic acids is 1. The van der Waals surface area contributed by atoms with Crippen LogP contribution in [-0.4, -0.2) is 58.6 Å². The third-order valence-corrected chi connectivity index (χ3v) is 5.52. The molecule has 4 heterocycles. The summed E-state index contributed by atoms with van der Waals surface area (Å²) in [5, 5.41) is 14.0. The third-order valence-electron chi connectivity index (χ3n) is 5.52. The first-order valence-corrected chi connectivity index (χ1v) is 10.3. The van der Waals surface area contributed by atoms with Crippen molar-refractivity contribution in [2.24, 2.45) is 0 Å². The van der Waals surface area contributed by atoms with Crippen molar-refractivity contribution in [3.8, 4) is 11.4 Å². The molecule has 158 valence electrons. The second-order valence-corrected chi connectivity index (χ2v) is 7.76. The predicted molar refractivity (Wildman–Crippen MR) is 115 cm³/mol. The van der Waals surface area contributed by atoms with Crippen LogP contribution in [0.4, 0.5) is 5.95 Å². The fraction of sp³-hybridized carbons (Fsp3) is 0.333. The molecule has 0 radical (unpaired) electrons. The summed E-state index contributed by atoms with van der Waals surface area (Å²) in [4.78, 5) is 22.4. The van der Waals surface area contributed by atoms with Gasteiger partial charge in [-0.25, -0.2) is 14.6 Å². The van der Waals surface area contributed by atoms with Crippen LogP contribution in [-0.2, 0) is 17.9 Å². The molecule has 10 heteroatoms. The number of benzene rings is 1. The van der Waals surface area contributed by atoms with E-state index in [1.165, 1.54) is 0 Å². The Balaban J connectivity index is 1.32. The van der Waals surface area contributed by atoms with Gasteiger partial charge in [0.2, 0.25) is 11.9 Å². The van der Waals surface area contributed by atoms with E-state index >= 15 is 0 Å². The molecule has 1 aliphatic heterocycles. The summed E-state index contributed by atoms with van der Waals surface area (Å²) < 4.78 is 3.59. The van der Waals surface area contributed by atoms with Gasteiger partial charge in [-0.1, -0.05) is 23.4 Å². The molecule has 0 spiro atoms. The van der Waals surface area contributed by atoms with Gasteiger partial charge in [-0.2, -0.15) is 5.10 Å². The molecule has 1 saturated heterocycles. The van der Waals surface area contributed by atoms with Crippen molar-refractivity contribution in [1.29, 1.82) is 0 Å². The zero-order valence-corrected chi connectivity index (χ0v) is 17.3. The number of fused-ring (bicyclic) bond motifs is 1. The number of hydrogen-bond donors (Lipinski definition) is 1. The maximum atomic E-state index is 11.7. The van der Waals surface area contributed by atoms with E-state index in [4.69, 9.17) is 5.73 Å². The lowest BCUT2D eigenvalue weighted by atomic mass is 10.1. The second-order valence-electron chi connectivity index (χ2n) is 7.76. The summed E-state index contributed by atoms with van der Waals surface area (Å²) in [6.07, 6.45) is 5.37. The quantitative estimate of drug-likeness (QED) is 0.506. The molecule has 5 rings (SSSR count). The molecule has 0 aliphatic carbocycles. The van der Waals surface area contributed by atoms with Crippen molar-refractivity contribution in [3.63, 3.8) is 0 Å². The number of nitrogens with zero attached hydrogens (tertiary/aromatic N) is 8. The number of anilines is 1. The molecule has 1 fully saturated rings. The van der Waals surface area contributed by atoms with Gasteiger partial charge >= 0.3 is 0 Å². The van der Waals surface area contributed by atoms with Crippen LogP contribution in [0.25, 0.3) is 22.3 Å². The van der Waals surface area contributed by atoms with E-state index < -0.39 is 0 Å². The van der Waals surface area contributed by atoms with Crippen LogP contribution in [0.2, 0.25) is 0 Å². The number of rotatable bonds is 6. The molecule has 0 saturated carbocycles. The van der Waals surface area contributed by atoms with Gasteiger partial charge in [-0.15, -0.1) is 5.10 Å². The van der Waals surface area contributed by atoms with Crippen LogP contribution in [0.5, 0.6) is 0 Å². The Bertz CT molecular complexity index is 1260. The van der Waals surface area contributed by atoms with E-state index in [-0.39, 0.29) is 11.9 Å². The average molecular weight is 417 g/mol. The van der Waals surface area contributed by atoms with Crippen molar-refractivity contribution in [2.45, 2.75) is 32.9 Å². The molecule has 3 aromatic heterocycles. The van der Waals surface area contributed by atoms with E-state index in [9.17, 15) is 4.79 Å². The van der Waals surface area contributed by atoms with Gasteiger partial charge in [0.05, 0.1) is 30.5 Å². The Morgan fingerprint density at radius 2 is 2.03 bits per heavy atom. The third kappa shape index (κ3) is 3.83. The molecule has 1 amide bonds. The first kappa shape index (κ1) is 19.2. The Hall–Kier alpha value is -3.82. The molecule has 1 aliphatic rings. The standard InChI is InChI=1S/C21H23N9O/c1-14-4-2-5-16-19(14)23-21(22)24-20(16)17-13-30(27-25-17)12-15-7-9-29(26-15)11-10-28-8-3-6-18(28)31/h2,4-5,7,9,13H,3,6,8,10-12H2,1H3,(H2,22,23,24). The molecular formula is C21H23N9O. The Morgan fingerprint density at radius 1 is 1.13 bits per heavy atom. The smallest absolute Gasteiger partial charge is 0.222 e. The van der Waals surface area contributed by atoms with Gasteiger partial charge in [0, 0.05) is 31.1 Å². The number of amides is 1. The summed E-state index contributed by atoms with van der Waals surface area (Å²) in [5.41, 5.74) is 9.94. The van der Waals surface area contributed by atoms with Gasteiger partial charge < -0.3 is 10.6 Å². The maximum Gasteiger partial charge on any atom is 0.222 e. The number of hydrogen-bond acceptors (Lipinski definition) is 7. The van der Waals surface area contributed by atoms with Gasteiger partial charge in [-0.05, 0) is 25.0 Å². The van der Waals surface area contributed by atoms with Crippen molar-refractivity contribution >= 4 is 22.8 Å². The SMILES string of the molecule is Cc1cccc2c(-c3cn(Cc4ccn(CCN5CCCC5=O)n4)nn3)nc(N)nc12. The molecular weight excluding hydrogens is 394 g/mol. The monoisotopic (exact) mass is 417 g/mol. The van der Waals surface area contributed by atoms with Crippen LogP contribution in [0, 0.1) is 6.92 Å². The number of nitrogens with two attached hydrogens (primary N) is 1. The van der Waals surface area contributed by atoms with Crippen LogP contribution < -0.4 is 5.73 Å². The van der Waals surface area contributed by atoms with Gasteiger partial charge in [-0.3, -0.25) is 9.48 Å². The van der Waals surface area contributed by atoms with E-state index in [2.05, 4.69) is 25.4 Å². The minimum atomic E-state index is 0.210. The molecule has 4 aromatic rings. The van der Waals surface area contributed by atoms with Gasteiger partial charge in [0.25, 0.3) is 0 Å². The Kier molecular flexibility index (Phi) is 4.81. The largest absolute Gasteiger partial charge is 0.368 e. The number of aryl methyl sites for hydroxylation is 1. The summed E-state index contributed by atoms with van der Waals surface area (Å²) in [6.45, 7) is 4.69. The number of para-hydroxylation sites is 1. The van der Waals surface area contributed by atoms with E-state index in [1.807, 2.05) is 53.2 Å². The highest BCUT2D eigenvalue weighted by atomic mass is 16.2. The first-order chi connectivity index (χ1) is 15.1. The lowest BCUT2D eigenvalue weighted by molar-refractivity contribution is -0.127. The fourth-order valence-corrected chi connectivity index (χ4v) is 3.93. The summed E-state index contributed by atoms with van der Waals surface area (Å²) >= 11 is 0.